The van der Waals surface area contributed by atoms with Crippen LogP contribution in [0.25, 0.3) is 0 Å². The van der Waals surface area contributed by atoms with Gasteiger partial charge in [-0.1, -0.05) is 48.9 Å². The summed E-state index contributed by atoms with van der Waals surface area (Å²) < 4.78 is 11.1. The summed E-state index contributed by atoms with van der Waals surface area (Å²) >= 11 is 6.06. The number of para-hydroxylation sites is 1. The molecular weight excluding hydrogens is 438 g/mol. The molecule has 2 atom stereocenters. The van der Waals surface area contributed by atoms with Gasteiger partial charge in [-0.25, -0.2) is 4.79 Å². The van der Waals surface area contributed by atoms with Crippen molar-refractivity contribution in [3.8, 4) is 5.75 Å². The summed E-state index contributed by atoms with van der Waals surface area (Å²) in [4.78, 5) is 26.5. The van der Waals surface area contributed by atoms with Gasteiger partial charge in [0, 0.05) is 34.0 Å². The molecule has 0 saturated carbocycles. The second-order valence-corrected chi connectivity index (χ2v) is 8.88. The van der Waals surface area contributed by atoms with Gasteiger partial charge in [0.1, 0.15) is 5.75 Å². The van der Waals surface area contributed by atoms with Gasteiger partial charge in [0.15, 0.2) is 5.78 Å². The van der Waals surface area contributed by atoms with Gasteiger partial charge >= 0.3 is 5.97 Å². The summed E-state index contributed by atoms with van der Waals surface area (Å²) in [7, 11) is 1.36. The number of ether oxygens (including phenoxy) is 2. The predicted molar refractivity (Wildman–Crippen MR) is 128 cm³/mol. The molecule has 2 aliphatic rings. The van der Waals surface area contributed by atoms with Crippen molar-refractivity contribution in [2.24, 2.45) is 0 Å². The molecule has 1 N–H and O–H groups in total. The van der Waals surface area contributed by atoms with Crippen molar-refractivity contribution in [2.45, 2.75) is 44.9 Å². The monoisotopic (exact) mass is 465 g/mol. The highest BCUT2D eigenvalue weighted by Gasteiger charge is 2.42. The fourth-order valence-electron chi connectivity index (χ4n) is 4.76. The van der Waals surface area contributed by atoms with E-state index in [1.54, 1.807) is 0 Å². The van der Waals surface area contributed by atoms with Crippen LogP contribution in [-0.4, -0.2) is 25.5 Å². The maximum Gasteiger partial charge on any atom is 0.336 e. The predicted octanol–water partition coefficient (Wildman–Crippen LogP) is 5.66. The van der Waals surface area contributed by atoms with E-state index in [4.69, 9.17) is 21.1 Å². The number of nitrogens with one attached hydrogen (secondary N) is 1. The molecule has 172 valence electrons. The summed E-state index contributed by atoms with van der Waals surface area (Å²) in [5.74, 6) is -0.247. The molecule has 1 aliphatic carbocycles. The van der Waals surface area contributed by atoms with E-state index in [9.17, 15) is 9.59 Å². The summed E-state index contributed by atoms with van der Waals surface area (Å²) in [5, 5.41) is 4.03. The van der Waals surface area contributed by atoms with E-state index < -0.39 is 11.9 Å². The number of hydrogen-bond acceptors (Lipinski definition) is 5. The second-order valence-electron chi connectivity index (χ2n) is 8.45. The SMILES string of the molecule is CCCOc1ccccc1[C@H]1C(C(=O)OC)=C(C)NC2=C1C(=O)C[C@@H](c1ccc(Cl)cc1)C2. The first-order valence-corrected chi connectivity index (χ1v) is 11.6. The Kier molecular flexibility index (Phi) is 6.89. The molecule has 4 rings (SSSR count). The van der Waals surface area contributed by atoms with Crippen molar-refractivity contribution in [1.82, 2.24) is 5.32 Å². The minimum atomic E-state index is -0.541. The van der Waals surface area contributed by atoms with Crippen molar-refractivity contribution in [2.75, 3.05) is 13.7 Å². The summed E-state index contributed by atoms with van der Waals surface area (Å²) in [6.45, 7) is 4.45. The Morgan fingerprint density at radius 3 is 2.55 bits per heavy atom. The number of benzene rings is 2. The standard InChI is InChI=1S/C27H28ClNO4/c1-4-13-33-23-8-6-5-7-20(23)25-24(27(31)32-3)16(2)29-21-14-18(15-22(30)26(21)25)17-9-11-19(28)12-10-17/h5-12,18,25,29H,4,13-15H2,1-3H3/t18-,25-/m0/s1. The Labute approximate surface area is 199 Å². The van der Waals surface area contributed by atoms with Crippen LogP contribution >= 0.6 is 11.6 Å². The normalized spacial score (nSPS) is 20.3. The first-order valence-electron chi connectivity index (χ1n) is 11.2. The van der Waals surface area contributed by atoms with Crippen molar-refractivity contribution >= 4 is 23.4 Å². The number of carbonyl (C=O) groups excluding carboxylic acids is 2. The maximum absolute atomic E-state index is 13.6. The molecule has 0 amide bonds. The molecule has 5 nitrogen and oxygen atoms in total. The zero-order valence-electron chi connectivity index (χ0n) is 19.1. The molecule has 2 aromatic rings. The number of allylic oxidation sites excluding steroid dienone is 3. The number of hydrogen-bond donors (Lipinski definition) is 1. The Morgan fingerprint density at radius 1 is 1.12 bits per heavy atom. The molecular formula is C27H28ClNO4. The van der Waals surface area contributed by atoms with Gasteiger partial charge in [0.25, 0.3) is 0 Å². The van der Waals surface area contributed by atoms with Gasteiger partial charge in [-0.15, -0.1) is 0 Å². The number of esters is 1. The van der Waals surface area contributed by atoms with E-state index in [1.165, 1.54) is 7.11 Å². The molecule has 0 fully saturated rings. The van der Waals surface area contributed by atoms with Crippen LogP contribution in [-0.2, 0) is 14.3 Å². The summed E-state index contributed by atoms with van der Waals surface area (Å²) in [5.41, 5.74) is 4.50. The van der Waals surface area contributed by atoms with Crippen LogP contribution < -0.4 is 10.1 Å². The van der Waals surface area contributed by atoms with E-state index in [2.05, 4.69) is 5.32 Å². The Bertz CT molecular complexity index is 1130. The molecule has 0 saturated heterocycles. The van der Waals surface area contributed by atoms with Crippen molar-refractivity contribution in [3.05, 3.63) is 87.2 Å². The molecule has 1 heterocycles. The molecule has 33 heavy (non-hydrogen) atoms. The molecule has 0 spiro atoms. The van der Waals surface area contributed by atoms with Gasteiger partial charge in [-0.05, 0) is 49.4 Å². The lowest BCUT2D eigenvalue weighted by atomic mass is 9.71. The minimum absolute atomic E-state index is 0.0212. The maximum atomic E-state index is 13.6. The van der Waals surface area contributed by atoms with Gasteiger partial charge in [-0.2, -0.15) is 0 Å². The van der Waals surface area contributed by atoms with E-state index >= 15 is 0 Å². The third-order valence-electron chi connectivity index (χ3n) is 6.27. The van der Waals surface area contributed by atoms with Crippen LogP contribution in [0.4, 0.5) is 0 Å². The molecule has 0 aromatic heterocycles. The zero-order valence-corrected chi connectivity index (χ0v) is 19.9. The summed E-state index contributed by atoms with van der Waals surface area (Å²) in [6, 6.07) is 15.3. The number of dihydropyridines is 1. The Morgan fingerprint density at radius 2 is 1.85 bits per heavy atom. The molecule has 6 heteroatoms. The third-order valence-corrected chi connectivity index (χ3v) is 6.52. The number of Topliss-reactive ketones (excluding diaryl/α,β-unsaturated/α-hetero) is 1. The molecule has 0 bridgehead atoms. The van der Waals surface area contributed by atoms with Crippen LogP contribution in [0.1, 0.15) is 56.1 Å². The minimum Gasteiger partial charge on any atom is -0.493 e. The quantitative estimate of drug-likeness (QED) is 0.557. The first kappa shape index (κ1) is 23.1. The molecule has 0 radical (unpaired) electrons. The summed E-state index contributed by atoms with van der Waals surface area (Å²) in [6.07, 6.45) is 1.89. The van der Waals surface area contributed by atoms with Crippen molar-refractivity contribution in [3.63, 3.8) is 0 Å². The van der Waals surface area contributed by atoms with E-state index in [0.29, 0.717) is 47.1 Å². The second kappa shape index (κ2) is 9.84. The van der Waals surface area contributed by atoms with Gasteiger partial charge in [0.05, 0.1) is 25.2 Å². The number of rotatable bonds is 6. The average molecular weight is 466 g/mol. The highest BCUT2D eigenvalue weighted by Crippen LogP contribution is 2.47. The topological polar surface area (TPSA) is 64.6 Å². The molecule has 2 aromatic carbocycles. The first-order chi connectivity index (χ1) is 15.9. The lowest BCUT2D eigenvalue weighted by Gasteiger charge is -2.37. The highest BCUT2D eigenvalue weighted by molar-refractivity contribution is 6.30. The lowest BCUT2D eigenvalue weighted by molar-refractivity contribution is -0.136. The van der Waals surface area contributed by atoms with Gasteiger partial charge in [-0.3, -0.25) is 4.79 Å². The Hall–Kier alpha value is -3.05. The molecule has 0 unspecified atom stereocenters. The highest BCUT2D eigenvalue weighted by atomic mass is 35.5. The fraction of sp³-hybridized carbons (Fsp3) is 0.333. The number of ketones is 1. The smallest absolute Gasteiger partial charge is 0.336 e. The van der Waals surface area contributed by atoms with Crippen LogP contribution in [0.15, 0.2) is 71.1 Å². The molecule has 1 aliphatic heterocycles. The van der Waals surface area contributed by atoms with Crippen molar-refractivity contribution in [1.29, 1.82) is 0 Å². The number of methoxy groups -OCH3 is 1. The lowest BCUT2D eigenvalue weighted by Crippen LogP contribution is -2.36. The Balaban J connectivity index is 1.81. The van der Waals surface area contributed by atoms with Crippen LogP contribution in [0.2, 0.25) is 5.02 Å². The van der Waals surface area contributed by atoms with E-state index in [0.717, 1.165) is 23.2 Å². The van der Waals surface area contributed by atoms with Crippen molar-refractivity contribution < 1.29 is 19.1 Å². The van der Waals surface area contributed by atoms with Gasteiger partial charge in [0.2, 0.25) is 0 Å². The van der Waals surface area contributed by atoms with Crippen LogP contribution in [0.5, 0.6) is 5.75 Å². The van der Waals surface area contributed by atoms with Gasteiger partial charge < -0.3 is 14.8 Å². The van der Waals surface area contributed by atoms with Crippen LogP contribution in [0, 0.1) is 0 Å². The average Bonchev–Trinajstić information content (AvgIpc) is 2.82. The third kappa shape index (κ3) is 4.55. The largest absolute Gasteiger partial charge is 0.493 e. The van der Waals surface area contributed by atoms with E-state index in [1.807, 2.05) is 62.4 Å². The zero-order chi connectivity index (χ0) is 23.5. The fourth-order valence-corrected chi connectivity index (χ4v) is 4.89. The number of halogens is 1. The van der Waals surface area contributed by atoms with E-state index in [-0.39, 0.29) is 11.7 Å². The number of carbonyl (C=O) groups is 2. The van der Waals surface area contributed by atoms with Crippen LogP contribution in [0.3, 0.4) is 0 Å².